The lowest BCUT2D eigenvalue weighted by atomic mass is 9.88. The van der Waals surface area contributed by atoms with Gasteiger partial charge in [0.2, 0.25) is 0 Å². The van der Waals surface area contributed by atoms with Crippen molar-refractivity contribution in [1.82, 2.24) is 4.90 Å². The predicted octanol–water partition coefficient (Wildman–Crippen LogP) is 2.71. The number of nitrogens with one attached hydrogen (secondary N) is 1. The molecule has 0 unspecified atom stereocenters. The summed E-state index contributed by atoms with van der Waals surface area (Å²) in [7, 11) is 0. The molecule has 29 heavy (non-hydrogen) atoms. The Labute approximate surface area is 171 Å². The quantitative estimate of drug-likeness (QED) is 0.392. The summed E-state index contributed by atoms with van der Waals surface area (Å²) in [6.45, 7) is 8.00. The van der Waals surface area contributed by atoms with Gasteiger partial charge in [0.1, 0.15) is 11.4 Å². The highest BCUT2D eigenvalue weighted by atomic mass is 16.6. The number of aliphatic carboxylic acids is 1. The van der Waals surface area contributed by atoms with Crippen molar-refractivity contribution in [3.63, 3.8) is 0 Å². The normalized spacial score (nSPS) is 15.0. The molecule has 0 bridgehead atoms. The molecule has 1 fully saturated rings. The monoisotopic (exact) mass is 405 g/mol. The molecular weight excluding hydrogens is 374 g/mol. The Bertz CT molecular complexity index is 768. The van der Waals surface area contributed by atoms with Crippen LogP contribution in [0.3, 0.4) is 0 Å². The molecule has 1 saturated heterocycles. The summed E-state index contributed by atoms with van der Waals surface area (Å²) in [4.78, 5) is 35.2. The van der Waals surface area contributed by atoms with Crippen LogP contribution in [0.2, 0.25) is 0 Å². The lowest BCUT2D eigenvalue weighted by molar-refractivity contribution is -0.162. The Balaban J connectivity index is 0.000000749. The van der Waals surface area contributed by atoms with Crippen molar-refractivity contribution in [3.8, 4) is 0 Å². The Hall–Kier alpha value is -2.90. The molecule has 0 atom stereocenters. The van der Waals surface area contributed by atoms with E-state index in [0.29, 0.717) is 37.1 Å². The first kappa shape index (κ1) is 24.1. The number of likely N-dealkylation sites (tertiary alicyclic amines) is 1. The van der Waals surface area contributed by atoms with Crippen LogP contribution in [0.5, 0.6) is 0 Å². The van der Waals surface area contributed by atoms with Crippen LogP contribution in [-0.4, -0.2) is 52.4 Å². The van der Waals surface area contributed by atoms with Crippen LogP contribution in [0.4, 0.5) is 0 Å². The molecule has 0 radical (unpaired) electrons. The average molecular weight is 405 g/mol. The van der Waals surface area contributed by atoms with Gasteiger partial charge in [-0.25, -0.2) is 0 Å². The highest BCUT2D eigenvalue weighted by Crippen LogP contribution is 2.30. The highest BCUT2D eigenvalue weighted by Gasteiger charge is 2.37. The van der Waals surface area contributed by atoms with E-state index in [1.807, 2.05) is 13.8 Å². The fourth-order valence-corrected chi connectivity index (χ4v) is 3.19. The van der Waals surface area contributed by atoms with Crippen LogP contribution in [0.1, 0.15) is 67.9 Å². The lowest BCUT2D eigenvalue weighted by Gasteiger charge is -2.40. The van der Waals surface area contributed by atoms with Gasteiger partial charge in [0, 0.05) is 50.4 Å². The van der Waals surface area contributed by atoms with Gasteiger partial charge >= 0.3 is 11.9 Å². The summed E-state index contributed by atoms with van der Waals surface area (Å²) in [5.74, 6) is -1.06. The summed E-state index contributed by atoms with van der Waals surface area (Å²) in [5, 5.41) is 15.2. The number of aryl methyl sites for hydroxylation is 1. The number of rotatable bonds is 5. The largest absolute Gasteiger partial charge is 0.481 e. The van der Waals surface area contributed by atoms with Gasteiger partial charge < -0.3 is 20.5 Å². The topological polar surface area (TPSA) is 134 Å². The number of carboxylic acids is 1. The zero-order valence-corrected chi connectivity index (χ0v) is 17.6. The second-order valence-electron chi connectivity index (χ2n) is 7.11. The van der Waals surface area contributed by atoms with Gasteiger partial charge in [0.15, 0.2) is 0 Å². The Morgan fingerprint density at radius 1 is 1.24 bits per heavy atom. The van der Waals surface area contributed by atoms with Gasteiger partial charge in [-0.3, -0.25) is 19.8 Å². The molecule has 4 N–H and O–H groups in total. The fraction of sp³-hybridized carbons (Fsp3) is 0.524. The number of carboxylic acid groups (broad SMARTS) is 1. The highest BCUT2D eigenvalue weighted by molar-refractivity contribution is 5.99. The van der Waals surface area contributed by atoms with Gasteiger partial charge in [-0.1, -0.05) is 19.9 Å². The van der Waals surface area contributed by atoms with E-state index >= 15 is 0 Å². The number of amidine groups is 1. The van der Waals surface area contributed by atoms with Crippen LogP contribution >= 0.6 is 0 Å². The third-order valence-electron chi connectivity index (χ3n) is 5.04. The molecule has 8 nitrogen and oxygen atoms in total. The summed E-state index contributed by atoms with van der Waals surface area (Å²) in [6.07, 6.45) is 2.28. The van der Waals surface area contributed by atoms with Gasteiger partial charge in [-0.15, -0.1) is 0 Å². The maximum absolute atomic E-state index is 12.8. The molecule has 8 heteroatoms. The number of amides is 1. The minimum absolute atomic E-state index is 0.0100. The zero-order chi connectivity index (χ0) is 22.2. The molecular formula is C21H31N3O5. The number of esters is 1. The van der Waals surface area contributed by atoms with E-state index < -0.39 is 11.6 Å². The number of ether oxygens (including phenoxy) is 1. The van der Waals surface area contributed by atoms with E-state index in [9.17, 15) is 14.4 Å². The number of carbonyl (C=O) groups excluding carboxylic acids is 2. The van der Waals surface area contributed by atoms with Crippen LogP contribution in [-0.2, 0) is 14.3 Å². The average Bonchev–Trinajstić information content (AvgIpc) is 2.67. The van der Waals surface area contributed by atoms with Gasteiger partial charge in [-0.05, 0) is 31.0 Å². The van der Waals surface area contributed by atoms with Crippen molar-refractivity contribution in [3.05, 3.63) is 34.9 Å². The second kappa shape index (κ2) is 10.6. The molecule has 1 aromatic carbocycles. The standard InChI is InChI=1S/C18H25N3O3.C3H6O2/c1-4-18(24-13(3)22)7-9-21(10-8-18)17(23)15-6-5-14(16(19)20)11-12(15)2;1-2-3(4)5/h5-6,11H,4,7-10H2,1-3H3,(H3,19,20);2H2,1H3,(H,4,5). The van der Waals surface area contributed by atoms with E-state index in [2.05, 4.69) is 0 Å². The second-order valence-corrected chi connectivity index (χ2v) is 7.11. The Morgan fingerprint density at radius 2 is 1.79 bits per heavy atom. The number of nitrogen functional groups attached to an aromatic ring is 1. The Kier molecular flexibility index (Phi) is 8.82. The van der Waals surface area contributed by atoms with Gasteiger partial charge in [0.25, 0.3) is 5.91 Å². The lowest BCUT2D eigenvalue weighted by Crippen LogP contribution is -2.48. The smallest absolute Gasteiger partial charge is 0.303 e. The SMILES string of the molecule is CCC(=O)O.CCC1(OC(C)=O)CCN(C(=O)c2ccc(C(=N)N)cc2C)CC1. The number of hydrogen-bond donors (Lipinski definition) is 3. The van der Waals surface area contributed by atoms with Gasteiger partial charge in [-0.2, -0.15) is 0 Å². The molecule has 1 aliphatic rings. The summed E-state index contributed by atoms with van der Waals surface area (Å²) in [6, 6.07) is 5.18. The molecule has 0 aromatic heterocycles. The molecule has 1 amide bonds. The third kappa shape index (κ3) is 6.89. The molecule has 1 aliphatic heterocycles. The Morgan fingerprint density at radius 3 is 2.17 bits per heavy atom. The summed E-state index contributed by atoms with van der Waals surface area (Å²) in [5.41, 5.74) is 7.08. The first-order valence-electron chi connectivity index (χ1n) is 9.71. The first-order chi connectivity index (χ1) is 13.5. The van der Waals surface area contributed by atoms with Gasteiger partial charge in [0.05, 0.1) is 0 Å². The minimum atomic E-state index is -0.745. The number of hydrogen-bond acceptors (Lipinski definition) is 5. The molecule has 1 heterocycles. The molecule has 0 spiro atoms. The van der Waals surface area contributed by atoms with E-state index in [4.69, 9.17) is 21.0 Å². The molecule has 0 saturated carbocycles. The third-order valence-corrected chi connectivity index (χ3v) is 5.04. The molecule has 0 aliphatic carbocycles. The number of benzene rings is 1. The van der Waals surface area contributed by atoms with Crippen molar-refractivity contribution >= 4 is 23.7 Å². The minimum Gasteiger partial charge on any atom is -0.481 e. The van der Waals surface area contributed by atoms with Crippen LogP contribution in [0, 0.1) is 12.3 Å². The predicted molar refractivity (Wildman–Crippen MR) is 110 cm³/mol. The number of nitrogens with zero attached hydrogens (tertiary/aromatic N) is 1. The summed E-state index contributed by atoms with van der Waals surface area (Å²) >= 11 is 0. The van der Waals surface area contributed by atoms with Crippen molar-refractivity contribution < 1.29 is 24.2 Å². The van der Waals surface area contributed by atoms with Crippen molar-refractivity contribution in [2.45, 2.75) is 59.0 Å². The molecule has 2 rings (SSSR count). The fourth-order valence-electron chi connectivity index (χ4n) is 3.19. The molecule has 160 valence electrons. The van der Waals surface area contributed by atoms with Crippen LogP contribution < -0.4 is 5.73 Å². The van der Waals surface area contributed by atoms with E-state index in [1.165, 1.54) is 6.92 Å². The van der Waals surface area contributed by atoms with Crippen molar-refractivity contribution in [2.75, 3.05) is 13.1 Å². The zero-order valence-electron chi connectivity index (χ0n) is 17.6. The van der Waals surface area contributed by atoms with E-state index in [-0.39, 0.29) is 24.1 Å². The maximum Gasteiger partial charge on any atom is 0.303 e. The van der Waals surface area contributed by atoms with Crippen LogP contribution in [0.25, 0.3) is 0 Å². The number of carbonyl (C=O) groups is 3. The number of piperidine rings is 1. The first-order valence-corrected chi connectivity index (χ1v) is 9.71. The van der Waals surface area contributed by atoms with Crippen molar-refractivity contribution in [2.24, 2.45) is 5.73 Å². The van der Waals surface area contributed by atoms with Crippen LogP contribution in [0.15, 0.2) is 18.2 Å². The van der Waals surface area contributed by atoms with Crippen molar-refractivity contribution in [1.29, 1.82) is 5.41 Å². The van der Waals surface area contributed by atoms with E-state index in [0.717, 1.165) is 12.0 Å². The summed E-state index contributed by atoms with van der Waals surface area (Å²) < 4.78 is 5.51. The maximum atomic E-state index is 12.8. The van der Waals surface area contributed by atoms with E-state index in [1.54, 1.807) is 30.0 Å². The molecule has 1 aromatic rings. The number of nitrogens with two attached hydrogens (primary N) is 1.